The van der Waals surface area contributed by atoms with Crippen molar-refractivity contribution in [2.24, 2.45) is 0 Å². The van der Waals surface area contributed by atoms with Gasteiger partial charge in [0.1, 0.15) is 0 Å². The molecule has 0 aliphatic carbocycles. The van der Waals surface area contributed by atoms with E-state index in [9.17, 15) is 9.79 Å². The second kappa shape index (κ2) is 12.3. The summed E-state index contributed by atoms with van der Waals surface area (Å²) in [6.45, 7) is 0. The van der Waals surface area contributed by atoms with Crippen molar-refractivity contribution in [3.8, 4) is 0 Å². The molecule has 4 aromatic rings. The molecule has 0 aliphatic heterocycles. The standard InChI is InChI=1S/2C12H11OPS.Cd/c2*13-14(15,11-7-3-1-4-8-11)12-9-5-2-6-10-12;/h2*1-10H,(H,13,15);/q;;+2/p-2. The molecule has 0 radical (unpaired) electrons. The molecule has 152 valence electrons. The predicted molar refractivity (Wildman–Crippen MR) is 133 cm³/mol. The van der Waals surface area contributed by atoms with Gasteiger partial charge in [0.05, 0.1) is 0 Å². The van der Waals surface area contributed by atoms with Crippen molar-refractivity contribution >= 4 is 57.4 Å². The summed E-state index contributed by atoms with van der Waals surface area (Å²) in [6, 6.07) is 37.0. The molecule has 0 heterocycles. The molecule has 0 N–H and O–H groups in total. The van der Waals surface area contributed by atoms with Crippen molar-refractivity contribution in [3.63, 3.8) is 0 Å². The Morgan fingerprint density at radius 3 is 0.710 bits per heavy atom. The molecule has 0 unspecified atom stereocenters. The van der Waals surface area contributed by atoms with E-state index in [0.29, 0.717) is 0 Å². The van der Waals surface area contributed by atoms with Gasteiger partial charge in [0.2, 0.25) is 0 Å². The molecule has 0 aromatic heterocycles. The Balaban J connectivity index is 0.000000213. The Labute approximate surface area is 214 Å². The van der Waals surface area contributed by atoms with Crippen LogP contribution in [0.3, 0.4) is 0 Å². The monoisotopic (exact) mass is 580 g/mol. The Morgan fingerprint density at radius 2 is 0.548 bits per heavy atom. The van der Waals surface area contributed by atoms with Crippen LogP contribution >= 0.6 is 12.5 Å². The summed E-state index contributed by atoms with van der Waals surface area (Å²) >= 11 is 10.5. The quantitative estimate of drug-likeness (QED) is 0.276. The number of rotatable bonds is 4. The van der Waals surface area contributed by atoms with Crippen LogP contribution in [0.5, 0.6) is 0 Å². The van der Waals surface area contributed by atoms with Crippen molar-refractivity contribution in [1.29, 1.82) is 0 Å². The fourth-order valence-corrected chi connectivity index (χ4v) is 7.11. The van der Waals surface area contributed by atoms with E-state index in [1.165, 1.54) is 0 Å². The number of benzene rings is 4. The van der Waals surface area contributed by atoms with E-state index in [1.807, 2.05) is 121 Å². The molecule has 0 saturated carbocycles. The SMILES string of the molecule is [Cd+2].[O-]P(=S)(c1ccccc1)c1ccccc1.[O-]P(=S)(c1ccccc1)c1ccccc1. The van der Waals surface area contributed by atoms with Crippen molar-refractivity contribution in [1.82, 2.24) is 0 Å². The van der Waals surface area contributed by atoms with Crippen LogP contribution in [0.2, 0.25) is 0 Å². The van der Waals surface area contributed by atoms with Crippen LogP contribution in [-0.4, -0.2) is 0 Å². The number of hydrogen-bond donors (Lipinski definition) is 0. The summed E-state index contributed by atoms with van der Waals surface area (Å²) in [5.74, 6) is 0. The summed E-state index contributed by atoms with van der Waals surface area (Å²) in [6.07, 6.45) is -5.63. The van der Waals surface area contributed by atoms with E-state index in [2.05, 4.69) is 0 Å². The first-order valence-electron chi connectivity index (χ1n) is 9.27. The molecule has 0 bridgehead atoms. The second-order valence-corrected chi connectivity index (χ2v) is 13.8. The number of hydrogen-bond acceptors (Lipinski definition) is 4. The molecule has 0 atom stereocenters. The Morgan fingerprint density at radius 1 is 0.387 bits per heavy atom. The molecular weight excluding hydrogens is 559 g/mol. The average molecular weight is 579 g/mol. The second-order valence-electron chi connectivity index (χ2n) is 6.45. The van der Waals surface area contributed by atoms with E-state index < -0.39 is 12.5 Å². The maximum Gasteiger partial charge on any atom is 2.00 e. The Kier molecular flexibility index (Phi) is 10.4. The van der Waals surface area contributed by atoms with Crippen LogP contribution < -0.4 is 31.0 Å². The van der Waals surface area contributed by atoms with Gasteiger partial charge >= 0.3 is 27.3 Å². The van der Waals surface area contributed by atoms with Gasteiger partial charge in [0, 0.05) is 0 Å². The van der Waals surface area contributed by atoms with Crippen LogP contribution in [-0.2, 0) is 50.9 Å². The first-order valence-corrected chi connectivity index (χ1v) is 14.7. The van der Waals surface area contributed by atoms with Crippen LogP contribution in [0.15, 0.2) is 121 Å². The molecule has 0 saturated heterocycles. The van der Waals surface area contributed by atoms with Crippen LogP contribution in [0.25, 0.3) is 0 Å². The zero-order valence-electron chi connectivity index (χ0n) is 16.8. The summed E-state index contributed by atoms with van der Waals surface area (Å²) in [7, 11) is 0. The van der Waals surface area contributed by atoms with Crippen LogP contribution in [0, 0.1) is 0 Å². The maximum atomic E-state index is 12.4. The van der Waals surface area contributed by atoms with E-state index in [0.717, 1.165) is 21.2 Å². The summed E-state index contributed by atoms with van der Waals surface area (Å²) in [4.78, 5) is 24.9. The largest absolute Gasteiger partial charge is 2.00 e. The Hall–Kier alpha value is -0.978. The van der Waals surface area contributed by atoms with Gasteiger partial charge in [-0.3, -0.25) is 0 Å². The van der Waals surface area contributed by atoms with Gasteiger partial charge in [0.25, 0.3) is 0 Å². The maximum absolute atomic E-state index is 12.4. The molecule has 31 heavy (non-hydrogen) atoms. The minimum atomic E-state index is -2.81. The first kappa shape index (κ1) is 26.3. The third kappa shape index (κ3) is 7.00. The van der Waals surface area contributed by atoms with Crippen LogP contribution in [0.1, 0.15) is 0 Å². The van der Waals surface area contributed by atoms with E-state index in [4.69, 9.17) is 23.6 Å². The van der Waals surface area contributed by atoms with Crippen molar-refractivity contribution in [2.75, 3.05) is 0 Å². The molecular formula is C24H20CdO2P2S2. The first-order chi connectivity index (χ1) is 14.4. The van der Waals surface area contributed by atoms with Gasteiger partial charge < -0.3 is 9.79 Å². The molecule has 2 nitrogen and oxygen atoms in total. The minimum Gasteiger partial charge on any atom is -0.814 e. The van der Waals surface area contributed by atoms with Gasteiger partial charge in [-0.2, -0.15) is 0 Å². The molecule has 7 heteroatoms. The Bertz CT molecular complexity index is 977. The zero-order chi connectivity index (χ0) is 21.5. The van der Waals surface area contributed by atoms with Crippen molar-refractivity contribution < 1.29 is 37.1 Å². The molecule has 4 rings (SSSR count). The fraction of sp³-hybridized carbons (Fsp3) is 0. The van der Waals surface area contributed by atoms with Crippen molar-refractivity contribution in [2.45, 2.75) is 0 Å². The van der Waals surface area contributed by atoms with E-state index in [-0.39, 0.29) is 27.3 Å². The fourth-order valence-electron chi connectivity index (χ4n) is 2.80. The normalized spacial score (nSPS) is 10.9. The summed E-state index contributed by atoms with van der Waals surface area (Å²) in [5, 5.41) is 2.91. The third-order valence-corrected chi connectivity index (χ3v) is 10.8. The van der Waals surface area contributed by atoms with Gasteiger partial charge in [-0.15, -0.1) is 23.6 Å². The van der Waals surface area contributed by atoms with Gasteiger partial charge in [-0.1, -0.05) is 134 Å². The van der Waals surface area contributed by atoms with E-state index >= 15 is 0 Å². The average Bonchev–Trinajstić information content (AvgIpc) is 2.82. The van der Waals surface area contributed by atoms with Gasteiger partial charge in [-0.05, 0) is 21.2 Å². The molecule has 0 spiro atoms. The molecule has 0 aliphatic rings. The smallest absolute Gasteiger partial charge is 0.814 e. The summed E-state index contributed by atoms with van der Waals surface area (Å²) < 4.78 is 0. The third-order valence-electron chi connectivity index (χ3n) is 4.38. The van der Waals surface area contributed by atoms with E-state index in [1.54, 1.807) is 0 Å². The molecule has 0 amide bonds. The topological polar surface area (TPSA) is 46.1 Å². The van der Waals surface area contributed by atoms with Gasteiger partial charge in [-0.25, -0.2) is 0 Å². The minimum absolute atomic E-state index is 0. The molecule has 4 aromatic carbocycles. The van der Waals surface area contributed by atoms with Crippen LogP contribution in [0.4, 0.5) is 0 Å². The summed E-state index contributed by atoms with van der Waals surface area (Å²) in [5.41, 5.74) is 0. The van der Waals surface area contributed by atoms with Gasteiger partial charge in [0.15, 0.2) is 0 Å². The van der Waals surface area contributed by atoms with Crippen molar-refractivity contribution in [3.05, 3.63) is 121 Å². The zero-order valence-corrected chi connectivity index (χ0v) is 24.2. The molecule has 0 fully saturated rings. The predicted octanol–water partition coefficient (Wildman–Crippen LogP) is 2.78.